The van der Waals surface area contributed by atoms with E-state index in [-0.39, 0.29) is 17.9 Å². The number of carbonyl (C=O) groups is 1. The highest BCUT2D eigenvalue weighted by molar-refractivity contribution is 6.30. The van der Waals surface area contributed by atoms with E-state index < -0.39 is 5.97 Å². The molecule has 1 aromatic rings. The van der Waals surface area contributed by atoms with Crippen molar-refractivity contribution in [3.8, 4) is 0 Å². The van der Waals surface area contributed by atoms with Crippen LogP contribution in [0.25, 0.3) is 0 Å². The van der Waals surface area contributed by atoms with E-state index in [0.717, 1.165) is 24.4 Å². The van der Waals surface area contributed by atoms with Gasteiger partial charge in [-0.1, -0.05) is 23.7 Å². The Morgan fingerprint density at radius 2 is 2.21 bits per heavy atom. The van der Waals surface area contributed by atoms with Gasteiger partial charge in [-0.2, -0.15) is 0 Å². The van der Waals surface area contributed by atoms with E-state index in [2.05, 4.69) is 17.9 Å². The topological polar surface area (TPSA) is 40.5 Å². The average Bonchev–Trinajstić information content (AvgIpc) is 3.06. The number of carboxylic acid groups (broad SMARTS) is 1. The number of benzene rings is 1. The number of carboxylic acids is 1. The Morgan fingerprint density at radius 3 is 2.74 bits per heavy atom. The van der Waals surface area contributed by atoms with Crippen LogP contribution in [0.4, 0.5) is 0 Å². The number of hydrogen-bond donors (Lipinski definition) is 1. The summed E-state index contributed by atoms with van der Waals surface area (Å²) in [6, 6.07) is 8.09. The molecule has 1 unspecified atom stereocenters. The van der Waals surface area contributed by atoms with Gasteiger partial charge < -0.3 is 5.11 Å². The lowest BCUT2D eigenvalue weighted by Crippen LogP contribution is -2.30. The fraction of sp³-hybridized carbons (Fsp3) is 0.533. The molecule has 1 atom stereocenters. The second kappa shape index (κ2) is 5.51. The summed E-state index contributed by atoms with van der Waals surface area (Å²) >= 11 is 6.01. The lowest BCUT2D eigenvalue weighted by atomic mass is 10.00. The van der Waals surface area contributed by atoms with Crippen molar-refractivity contribution in [2.75, 3.05) is 13.6 Å². The van der Waals surface area contributed by atoms with Gasteiger partial charge >= 0.3 is 5.97 Å². The molecule has 1 saturated carbocycles. The minimum absolute atomic E-state index is 0.00653. The highest BCUT2D eigenvalue weighted by Gasteiger charge is 2.45. The summed E-state index contributed by atoms with van der Waals surface area (Å²) in [5.41, 5.74) is 1.16. The van der Waals surface area contributed by atoms with Crippen LogP contribution in [0, 0.1) is 5.41 Å². The third-order valence-corrected chi connectivity index (χ3v) is 4.30. The summed E-state index contributed by atoms with van der Waals surface area (Å²) in [4.78, 5) is 13.1. The van der Waals surface area contributed by atoms with Gasteiger partial charge in [0.2, 0.25) is 0 Å². The third kappa shape index (κ3) is 3.71. The average molecular weight is 282 g/mol. The Morgan fingerprint density at radius 1 is 1.53 bits per heavy atom. The molecule has 0 aliphatic heterocycles. The van der Waals surface area contributed by atoms with Crippen molar-refractivity contribution in [2.45, 2.75) is 32.2 Å². The van der Waals surface area contributed by atoms with Crippen LogP contribution < -0.4 is 0 Å². The van der Waals surface area contributed by atoms with Gasteiger partial charge in [-0.25, -0.2) is 0 Å². The first kappa shape index (κ1) is 14.4. The maximum absolute atomic E-state index is 10.9. The van der Waals surface area contributed by atoms with Crippen molar-refractivity contribution in [2.24, 2.45) is 5.41 Å². The van der Waals surface area contributed by atoms with E-state index >= 15 is 0 Å². The predicted octanol–water partition coefficient (Wildman–Crippen LogP) is 3.59. The molecule has 19 heavy (non-hydrogen) atoms. The van der Waals surface area contributed by atoms with Crippen LogP contribution >= 0.6 is 11.6 Å². The molecule has 1 aromatic carbocycles. The highest BCUT2D eigenvalue weighted by atomic mass is 35.5. The monoisotopic (exact) mass is 281 g/mol. The number of nitrogens with zero attached hydrogens (tertiary/aromatic N) is 1. The van der Waals surface area contributed by atoms with E-state index in [1.807, 2.05) is 25.2 Å². The van der Waals surface area contributed by atoms with Gasteiger partial charge in [0.1, 0.15) is 0 Å². The second-order valence-corrected chi connectivity index (χ2v) is 6.15. The van der Waals surface area contributed by atoms with Crippen molar-refractivity contribution in [1.82, 2.24) is 4.90 Å². The maximum atomic E-state index is 10.9. The van der Waals surface area contributed by atoms with E-state index in [1.54, 1.807) is 0 Å². The standard InChI is InChI=1S/C15H20ClNO2/c1-11(12-4-3-5-13(16)8-12)17(2)10-15(6-7-15)9-14(18)19/h3-5,8,11H,6-7,9-10H2,1-2H3,(H,18,19). The molecule has 0 bridgehead atoms. The normalized spacial score (nSPS) is 18.3. The number of rotatable bonds is 6. The lowest BCUT2D eigenvalue weighted by Gasteiger charge is -2.29. The first-order chi connectivity index (χ1) is 8.92. The molecule has 0 radical (unpaired) electrons. The molecule has 0 heterocycles. The largest absolute Gasteiger partial charge is 0.481 e. The highest BCUT2D eigenvalue weighted by Crippen LogP contribution is 2.50. The smallest absolute Gasteiger partial charge is 0.303 e. The molecule has 2 rings (SSSR count). The molecule has 0 spiro atoms. The van der Waals surface area contributed by atoms with Crippen molar-refractivity contribution in [1.29, 1.82) is 0 Å². The van der Waals surface area contributed by atoms with Crippen LogP contribution in [-0.2, 0) is 4.79 Å². The van der Waals surface area contributed by atoms with Crippen LogP contribution in [-0.4, -0.2) is 29.6 Å². The maximum Gasteiger partial charge on any atom is 0.303 e. The first-order valence-corrected chi connectivity index (χ1v) is 6.97. The summed E-state index contributed by atoms with van der Waals surface area (Å²) < 4.78 is 0. The van der Waals surface area contributed by atoms with Gasteiger partial charge in [0.25, 0.3) is 0 Å². The van der Waals surface area contributed by atoms with Crippen molar-refractivity contribution < 1.29 is 9.90 Å². The summed E-state index contributed by atoms with van der Waals surface area (Å²) in [6.45, 7) is 2.95. The zero-order chi connectivity index (χ0) is 14.0. The summed E-state index contributed by atoms with van der Waals surface area (Å²) in [5, 5.41) is 9.70. The van der Waals surface area contributed by atoms with Gasteiger partial charge in [0.15, 0.2) is 0 Å². The van der Waals surface area contributed by atoms with Crippen molar-refractivity contribution >= 4 is 17.6 Å². The van der Waals surface area contributed by atoms with E-state index in [1.165, 1.54) is 5.56 Å². The molecule has 3 nitrogen and oxygen atoms in total. The van der Waals surface area contributed by atoms with Crippen molar-refractivity contribution in [3.63, 3.8) is 0 Å². The fourth-order valence-corrected chi connectivity index (χ4v) is 2.77. The lowest BCUT2D eigenvalue weighted by molar-refractivity contribution is -0.138. The Hall–Kier alpha value is -1.06. The predicted molar refractivity (Wildman–Crippen MR) is 76.4 cm³/mol. The summed E-state index contributed by atoms with van der Waals surface area (Å²) in [5.74, 6) is -0.693. The Bertz CT molecular complexity index is 471. The van der Waals surface area contributed by atoms with Gasteiger partial charge in [-0.15, -0.1) is 0 Å². The van der Waals surface area contributed by atoms with Gasteiger partial charge in [-0.3, -0.25) is 9.69 Å². The van der Waals surface area contributed by atoms with Crippen molar-refractivity contribution in [3.05, 3.63) is 34.9 Å². The molecule has 0 saturated heterocycles. The molecule has 4 heteroatoms. The van der Waals surface area contributed by atoms with Crippen LogP contribution in [0.2, 0.25) is 5.02 Å². The molecule has 1 fully saturated rings. The summed E-state index contributed by atoms with van der Waals surface area (Å²) in [6.07, 6.45) is 2.32. The molecular formula is C15H20ClNO2. The fourth-order valence-electron chi connectivity index (χ4n) is 2.58. The molecule has 104 valence electrons. The molecular weight excluding hydrogens is 262 g/mol. The molecule has 1 aliphatic rings. The van der Waals surface area contributed by atoms with Gasteiger partial charge in [0, 0.05) is 17.6 Å². The minimum Gasteiger partial charge on any atom is -0.481 e. The summed E-state index contributed by atoms with van der Waals surface area (Å²) in [7, 11) is 2.05. The van der Waals surface area contributed by atoms with Gasteiger partial charge in [-0.05, 0) is 49.9 Å². The zero-order valence-electron chi connectivity index (χ0n) is 11.4. The van der Waals surface area contributed by atoms with Crippen LogP contribution in [0.3, 0.4) is 0 Å². The Balaban J connectivity index is 2.00. The van der Waals surface area contributed by atoms with E-state index in [0.29, 0.717) is 0 Å². The van der Waals surface area contributed by atoms with E-state index in [9.17, 15) is 4.79 Å². The molecule has 0 amide bonds. The Labute approximate surface area is 119 Å². The molecule has 1 N–H and O–H groups in total. The first-order valence-electron chi connectivity index (χ1n) is 6.59. The van der Waals surface area contributed by atoms with Crippen LogP contribution in [0.5, 0.6) is 0 Å². The molecule has 0 aromatic heterocycles. The number of halogens is 1. The third-order valence-electron chi connectivity index (χ3n) is 4.06. The minimum atomic E-state index is -0.693. The zero-order valence-corrected chi connectivity index (χ0v) is 12.2. The molecule has 1 aliphatic carbocycles. The van der Waals surface area contributed by atoms with Crippen LogP contribution in [0.15, 0.2) is 24.3 Å². The van der Waals surface area contributed by atoms with E-state index in [4.69, 9.17) is 16.7 Å². The number of hydrogen-bond acceptors (Lipinski definition) is 2. The Kier molecular flexibility index (Phi) is 4.16. The van der Waals surface area contributed by atoms with Gasteiger partial charge in [0.05, 0.1) is 6.42 Å². The second-order valence-electron chi connectivity index (χ2n) is 5.72. The quantitative estimate of drug-likeness (QED) is 0.866. The SMILES string of the molecule is CC(c1cccc(Cl)c1)N(C)CC1(CC(=O)O)CC1. The number of aliphatic carboxylic acids is 1. The van der Waals surface area contributed by atoms with Crippen LogP contribution in [0.1, 0.15) is 37.8 Å².